The summed E-state index contributed by atoms with van der Waals surface area (Å²) in [5.74, 6) is 10.7. The Morgan fingerprint density at radius 1 is 0.735 bits per heavy atom. The van der Waals surface area contributed by atoms with Crippen LogP contribution in [0.15, 0.2) is 48.5 Å². The van der Waals surface area contributed by atoms with Crippen LogP contribution in [0.5, 0.6) is 0 Å². The normalized spacial score (nSPS) is 16.1. The Hall–Kier alpha value is -2.97. The van der Waals surface area contributed by atoms with Crippen molar-refractivity contribution in [3.8, 4) is 23.7 Å². The summed E-state index contributed by atoms with van der Waals surface area (Å²) in [5.41, 5.74) is 4.39. The molecule has 6 nitrogen and oxygen atoms in total. The smallest absolute Gasteiger partial charge is 0.193 e. The van der Waals surface area contributed by atoms with Crippen molar-refractivity contribution in [2.45, 2.75) is 13.1 Å². The maximum atomic E-state index is 10.1. The number of hydrogen-bond acceptors (Lipinski definition) is 6. The van der Waals surface area contributed by atoms with Gasteiger partial charge in [0.2, 0.25) is 0 Å². The molecule has 1 N–H and O–H groups in total. The molecular formula is C28H32N2O4. The molecule has 0 unspecified atom stereocenters. The molecule has 178 valence electrons. The van der Waals surface area contributed by atoms with E-state index < -0.39 is 0 Å². The molecule has 2 fully saturated rings. The van der Waals surface area contributed by atoms with Crippen LogP contribution in [0.2, 0.25) is 0 Å². The predicted octanol–water partition coefficient (Wildman–Crippen LogP) is 1.93. The molecule has 2 saturated heterocycles. The van der Waals surface area contributed by atoms with Gasteiger partial charge in [-0.25, -0.2) is 0 Å². The minimum absolute atomic E-state index is 0.0878. The fraction of sp³-hybridized carbons (Fsp3) is 0.393. The summed E-state index contributed by atoms with van der Waals surface area (Å²) in [6.45, 7) is 9.14. The summed E-state index contributed by atoms with van der Waals surface area (Å²) in [6, 6.07) is 16.2. The summed E-state index contributed by atoms with van der Waals surface area (Å²) >= 11 is 0. The van der Waals surface area contributed by atoms with Crippen molar-refractivity contribution in [3.63, 3.8) is 0 Å². The number of carbonyl (C=O) groups is 1. The maximum Gasteiger partial charge on any atom is 0.193 e. The summed E-state index contributed by atoms with van der Waals surface area (Å²) in [4.78, 5) is 14.9. The van der Waals surface area contributed by atoms with E-state index in [1.807, 2.05) is 24.3 Å². The number of aldehydes is 1. The van der Waals surface area contributed by atoms with E-state index in [0.29, 0.717) is 6.29 Å². The van der Waals surface area contributed by atoms with Crippen LogP contribution in [0.3, 0.4) is 0 Å². The largest absolute Gasteiger partial charge is 0.384 e. The molecule has 4 rings (SSSR count). The second-order valence-electron chi connectivity index (χ2n) is 8.02. The third kappa shape index (κ3) is 9.49. The molecule has 0 amide bonds. The van der Waals surface area contributed by atoms with Crippen molar-refractivity contribution in [2.24, 2.45) is 0 Å². The molecular weight excluding hydrogens is 428 g/mol. The minimum atomic E-state index is -0.0878. The highest BCUT2D eigenvalue weighted by Gasteiger charge is 2.11. The fourth-order valence-corrected chi connectivity index (χ4v) is 3.68. The summed E-state index contributed by atoms with van der Waals surface area (Å²) in [7, 11) is 0. The number of nitrogens with zero attached hydrogens (tertiary/aromatic N) is 2. The fourth-order valence-electron chi connectivity index (χ4n) is 3.68. The zero-order valence-corrected chi connectivity index (χ0v) is 19.5. The number of benzene rings is 2. The summed E-state index contributed by atoms with van der Waals surface area (Å²) < 4.78 is 10.6. The van der Waals surface area contributed by atoms with Crippen LogP contribution < -0.4 is 0 Å². The van der Waals surface area contributed by atoms with Gasteiger partial charge in [-0.05, 0) is 41.3 Å². The van der Waals surface area contributed by atoms with E-state index in [4.69, 9.17) is 14.6 Å². The van der Waals surface area contributed by atoms with E-state index in [2.05, 4.69) is 57.7 Å². The Labute approximate surface area is 202 Å². The molecule has 34 heavy (non-hydrogen) atoms. The van der Waals surface area contributed by atoms with Crippen molar-refractivity contribution in [2.75, 3.05) is 59.2 Å². The van der Waals surface area contributed by atoms with E-state index in [1.165, 1.54) is 11.1 Å². The number of morpholine rings is 2. The molecule has 0 saturated carbocycles. The molecule has 6 heteroatoms. The number of ether oxygens (including phenoxy) is 2. The standard InChI is InChI=1S/C14H17NO2.C14H15NO2/c2*16-9-1-2-13-3-5-14(6-4-13)12-15-7-10-17-11-8-15/h3-6,16H,7-12H2;3-6,9H,7-8,10-12H2. The monoisotopic (exact) mass is 460 g/mol. The van der Waals surface area contributed by atoms with Gasteiger partial charge in [-0.15, -0.1) is 0 Å². The van der Waals surface area contributed by atoms with Crippen molar-refractivity contribution >= 4 is 6.29 Å². The Kier molecular flexibility index (Phi) is 11.3. The average Bonchev–Trinajstić information content (AvgIpc) is 2.89. The van der Waals surface area contributed by atoms with Crippen LogP contribution in [0.25, 0.3) is 0 Å². The van der Waals surface area contributed by atoms with Crippen LogP contribution in [-0.4, -0.2) is 80.4 Å². The Morgan fingerprint density at radius 2 is 1.18 bits per heavy atom. The number of carbonyl (C=O) groups excluding carboxylic acids is 1. The van der Waals surface area contributed by atoms with E-state index in [9.17, 15) is 4.79 Å². The second-order valence-corrected chi connectivity index (χ2v) is 8.02. The first-order valence-corrected chi connectivity index (χ1v) is 11.6. The number of rotatable bonds is 4. The van der Waals surface area contributed by atoms with E-state index >= 15 is 0 Å². The van der Waals surface area contributed by atoms with Gasteiger partial charge in [0.25, 0.3) is 0 Å². The van der Waals surface area contributed by atoms with Gasteiger partial charge in [-0.3, -0.25) is 14.6 Å². The van der Waals surface area contributed by atoms with Crippen LogP contribution in [0.1, 0.15) is 22.3 Å². The molecule has 0 aliphatic carbocycles. The molecule has 2 aromatic carbocycles. The number of hydrogen-bond donors (Lipinski definition) is 1. The van der Waals surface area contributed by atoms with Crippen LogP contribution >= 0.6 is 0 Å². The van der Waals surface area contributed by atoms with Gasteiger partial charge in [-0.1, -0.05) is 42.0 Å². The zero-order chi connectivity index (χ0) is 23.8. The quantitative estimate of drug-likeness (QED) is 0.556. The number of aliphatic hydroxyl groups is 1. The predicted molar refractivity (Wildman–Crippen MR) is 132 cm³/mol. The average molecular weight is 461 g/mol. The highest BCUT2D eigenvalue weighted by atomic mass is 16.5. The molecule has 2 aliphatic rings. The molecule has 2 aliphatic heterocycles. The van der Waals surface area contributed by atoms with Gasteiger partial charge < -0.3 is 14.6 Å². The van der Waals surface area contributed by atoms with Gasteiger partial charge in [0, 0.05) is 50.4 Å². The highest BCUT2D eigenvalue weighted by molar-refractivity contribution is 5.73. The lowest BCUT2D eigenvalue weighted by atomic mass is 10.1. The topological polar surface area (TPSA) is 62.2 Å². The molecule has 0 bridgehead atoms. The lowest BCUT2D eigenvalue weighted by Crippen LogP contribution is -2.35. The van der Waals surface area contributed by atoms with E-state index in [-0.39, 0.29) is 6.61 Å². The zero-order valence-electron chi connectivity index (χ0n) is 19.5. The molecule has 0 atom stereocenters. The Morgan fingerprint density at radius 3 is 1.59 bits per heavy atom. The van der Waals surface area contributed by atoms with Gasteiger partial charge in [-0.2, -0.15) is 0 Å². The van der Waals surface area contributed by atoms with Crippen molar-refractivity contribution in [1.29, 1.82) is 0 Å². The Balaban J connectivity index is 0.000000191. The SMILES string of the molecule is O=CC#Cc1ccc(CN2CCOCC2)cc1.OCC#Cc1ccc(CN2CCOCC2)cc1. The van der Waals surface area contributed by atoms with E-state index in [1.54, 1.807) is 0 Å². The van der Waals surface area contributed by atoms with Crippen molar-refractivity contribution in [1.82, 2.24) is 9.80 Å². The van der Waals surface area contributed by atoms with E-state index in [0.717, 1.165) is 76.8 Å². The van der Waals surface area contributed by atoms with Crippen LogP contribution in [-0.2, 0) is 27.4 Å². The third-order valence-corrected chi connectivity index (χ3v) is 5.51. The highest BCUT2D eigenvalue weighted by Crippen LogP contribution is 2.09. The molecule has 0 spiro atoms. The first kappa shape index (κ1) is 25.6. The third-order valence-electron chi connectivity index (χ3n) is 5.51. The number of aliphatic hydroxyl groups excluding tert-OH is 1. The van der Waals surface area contributed by atoms with Crippen molar-refractivity contribution < 1.29 is 19.4 Å². The van der Waals surface area contributed by atoms with Crippen LogP contribution in [0.4, 0.5) is 0 Å². The Bertz CT molecular complexity index is 985. The first-order valence-electron chi connectivity index (χ1n) is 11.6. The van der Waals surface area contributed by atoms with Gasteiger partial charge in [0.15, 0.2) is 6.29 Å². The second kappa shape index (κ2) is 15.0. The molecule has 2 aromatic rings. The first-order chi connectivity index (χ1) is 16.8. The van der Waals surface area contributed by atoms with Gasteiger partial charge >= 0.3 is 0 Å². The summed E-state index contributed by atoms with van der Waals surface area (Å²) in [5, 5.41) is 8.61. The summed E-state index contributed by atoms with van der Waals surface area (Å²) in [6.07, 6.45) is 0.613. The van der Waals surface area contributed by atoms with Crippen LogP contribution in [0, 0.1) is 23.7 Å². The van der Waals surface area contributed by atoms with Gasteiger partial charge in [0.1, 0.15) is 6.61 Å². The van der Waals surface area contributed by atoms with Gasteiger partial charge in [0.05, 0.1) is 26.4 Å². The lowest BCUT2D eigenvalue weighted by molar-refractivity contribution is -0.103. The minimum Gasteiger partial charge on any atom is -0.384 e. The molecule has 0 aromatic heterocycles. The maximum absolute atomic E-state index is 10.1. The lowest BCUT2D eigenvalue weighted by Gasteiger charge is -2.26. The van der Waals surface area contributed by atoms with Crippen molar-refractivity contribution in [3.05, 3.63) is 70.8 Å². The molecule has 2 heterocycles. The molecule has 0 radical (unpaired) electrons.